The van der Waals surface area contributed by atoms with Crippen molar-refractivity contribution in [3.63, 3.8) is 0 Å². The topological polar surface area (TPSA) is 54.4 Å². The van der Waals surface area contributed by atoms with E-state index in [0.29, 0.717) is 6.42 Å². The van der Waals surface area contributed by atoms with Crippen LogP contribution in [-0.2, 0) is 27.2 Å². The zero-order valence-corrected chi connectivity index (χ0v) is 14.1. The molecule has 5 heteroatoms. The van der Waals surface area contributed by atoms with E-state index in [-0.39, 0.29) is 22.8 Å². The molecular formula is C14H30FeO3S. The molecule has 0 saturated heterocycles. The maximum atomic E-state index is 10.5. The van der Waals surface area contributed by atoms with Crippen molar-refractivity contribution in [3.05, 3.63) is 0 Å². The van der Waals surface area contributed by atoms with Crippen molar-refractivity contribution in [2.75, 3.05) is 5.75 Å². The molecule has 0 amide bonds. The molecule has 0 spiro atoms. The Bertz CT molecular complexity index is 266. The average Bonchev–Trinajstić information content (AvgIpc) is 2.29. The normalized spacial score (nSPS) is 11.3. The zero-order chi connectivity index (χ0) is 13.7. The Morgan fingerprint density at radius 3 is 1.32 bits per heavy atom. The average molecular weight is 334 g/mol. The predicted octanol–water partition coefficient (Wildman–Crippen LogP) is 4.57. The van der Waals surface area contributed by atoms with Crippen LogP contribution in [0.5, 0.6) is 0 Å². The van der Waals surface area contributed by atoms with Gasteiger partial charge in [-0.1, -0.05) is 77.6 Å². The van der Waals surface area contributed by atoms with Crippen LogP contribution < -0.4 is 0 Å². The third-order valence-corrected chi connectivity index (χ3v) is 4.06. The third-order valence-electron chi connectivity index (χ3n) is 3.26. The van der Waals surface area contributed by atoms with Crippen LogP contribution in [0.2, 0.25) is 0 Å². The zero-order valence-electron chi connectivity index (χ0n) is 12.2. The van der Waals surface area contributed by atoms with Gasteiger partial charge in [-0.2, -0.15) is 8.42 Å². The predicted molar refractivity (Wildman–Crippen MR) is 77.5 cm³/mol. The largest absolute Gasteiger partial charge is 0.286 e. The van der Waals surface area contributed by atoms with E-state index in [1.165, 1.54) is 57.8 Å². The van der Waals surface area contributed by atoms with E-state index in [1.54, 1.807) is 0 Å². The van der Waals surface area contributed by atoms with Crippen molar-refractivity contribution in [3.8, 4) is 0 Å². The van der Waals surface area contributed by atoms with Gasteiger partial charge in [0.2, 0.25) is 0 Å². The summed E-state index contributed by atoms with van der Waals surface area (Å²) in [5, 5.41) is 0. The summed E-state index contributed by atoms with van der Waals surface area (Å²) in [6.07, 6.45) is 14.5. The van der Waals surface area contributed by atoms with Gasteiger partial charge in [-0.05, 0) is 6.42 Å². The molecule has 19 heavy (non-hydrogen) atoms. The summed E-state index contributed by atoms with van der Waals surface area (Å²) in [5.74, 6) is -0.0789. The molecule has 0 saturated carbocycles. The minimum atomic E-state index is -3.74. The maximum absolute atomic E-state index is 10.5. The van der Waals surface area contributed by atoms with Gasteiger partial charge in [0.25, 0.3) is 10.1 Å². The Balaban J connectivity index is 0. The Kier molecular flexibility index (Phi) is 17.0. The molecule has 118 valence electrons. The second kappa shape index (κ2) is 14.8. The van der Waals surface area contributed by atoms with Crippen molar-refractivity contribution >= 4 is 10.1 Å². The van der Waals surface area contributed by atoms with Crippen LogP contribution in [0.1, 0.15) is 84.0 Å². The Morgan fingerprint density at radius 1 is 0.684 bits per heavy atom. The summed E-state index contributed by atoms with van der Waals surface area (Å²) in [7, 11) is -3.74. The molecule has 0 aromatic carbocycles. The number of hydrogen-bond donors (Lipinski definition) is 1. The van der Waals surface area contributed by atoms with Crippen LogP contribution >= 0.6 is 0 Å². The standard InChI is InChI=1S/C14H30O3S.Fe/c1-2-3-4-5-6-7-8-9-10-11-12-13-14-18(15,16)17;/h2-14H2,1H3,(H,15,16,17);. The quantitative estimate of drug-likeness (QED) is 0.305. The summed E-state index contributed by atoms with van der Waals surface area (Å²) < 4.78 is 29.5. The first kappa shape index (κ1) is 21.7. The molecule has 0 bridgehead atoms. The summed E-state index contributed by atoms with van der Waals surface area (Å²) in [5.41, 5.74) is 0. The third kappa shape index (κ3) is 20.9. The molecule has 0 rings (SSSR count). The monoisotopic (exact) mass is 334 g/mol. The van der Waals surface area contributed by atoms with Gasteiger partial charge in [0.15, 0.2) is 0 Å². The molecule has 0 aromatic heterocycles. The summed E-state index contributed by atoms with van der Waals surface area (Å²) >= 11 is 0. The summed E-state index contributed by atoms with van der Waals surface area (Å²) in [6.45, 7) is 2.24. The smallest absolute Gasteiger partial charge is 0.264 e. The maximum Gasteiger partial charge on any atom is 0.264 e. The number of unbranched alkanes of at least 4 members (excludes halogenated alkanes) is 11. The molecule has 0 fully saturated rings. The molecule has 0 aliphatic heterocycles. The van der Waals surface area contributed by atoms with Crippen LogP contribution in [0.15, 0.2) is 0 Å². The Hall–Kier alpha value is 0.429. The number of hydrogen-bond acceptors (Lipinski definition) is 2. The SMILES string of the molecule is CCCCCCCCCCCCCCS(=O)(=O)O.[Fe]. The van der Waals surface area contributed by atoms with Gasteiger partial charge < -0.3 is 0 Å². The fraction of sp³-hybridized carbons (Fsp3) is 1.00. The van der Waals surface area contributed by atoms with Gasteiger partial charge in [-0.15, -0.1) is 0 Å². The first-order valence-corrected chi connectivity index (χ1v) is 9.12. The van der Waals surface area contributed by atoms with E-state index in [4.69, 9.17) is 4.55 Å². The van der Waals surface area contributed by atoms with Crippen LogP contribution in [0.3, 0.4) is 0 Å². The second-order valence-corrected chi connectivity index (χ2v) is 6.75. The van der Waals surface area contributed by atoms with Gasteiger partial charge in [0.1, 0.15) is 0 Å². The first-order chi connectivity index (χ1) is 8.56. The molecule has 3 nitrogen and oxygen atoms in total. The molecule has 0 aliphatic carbocycles. The molecular weight excluding hydrogens is 304 g/mol. The van der Waals surface area contributed by atoms with Crippen molar-refractivity contribution in [2.45, 2.75) is 84.0 Å². The minimum absolute atomic E-state index is 0. The van der Waals surface area contributed by atoms with Gasteiger partial charge in [0.05, 0.1) is 5.75 Å². The van der Waals surface area contributed by atoms with Crippen molar-refractivity contribution in [1.29, 1.82) is 0 Å². The molecule has 0 aromatic rings. The fourth-order valence-electron chi connectivity index (χ4n) is 2.13. The fourth-order valence-corrected chi connectivity index (χ4v) is 2.69. The van der Waals surface area contributed by atoms with Crippen molar-refractivity contribution < 1.29 is 30.0 Å². The number of rotatable bonds is 13. The minimum Gasteiger partial charge on any atom is -0.286 e. The molecule has 0 unspecified atom stereocenters. The van der Waals surface area contributed by atoms with Crippen LogP contribution in [0.25, 0.3) is 0 Å². The van der Waals surface area contributed by atoms with E-state index in [9.17, 15) is 8.42 Å². The van der Waals surface area contributed by atoms with E-state index in [1.807, 2.05) is 0 Å². The second-order valence-electron chi connectivity index (χ2n) is 5.18. The molecule has 0 atom stereocenters. The molecule has 0 radical (unpaired) electrons. The van der Waals surface area contributed by atoms with Gasteiger partial charge >= 0.3 is 0 Å². The van der Waals surface area contributed by atoms with Crippen molar-refractivity contribution in [2.24, 2.45) is 0 Å². The van der Waals surface area contributed by atoms with Crippen LogP contribution in [-0.4, -0.2) is 18.7 Å². The van der Waals surface area contributed by atoms with E-state index < -0.39 is 10.1 Å². The van der Waals surface area contributed by atoms with Gasteiger partial charge in [0, 0.05) is 17.1 Å². The van der Waals surface area contributed by atoms with E-state index >= 15 is 0 Å². The van der Waals surface area contributed by atoms with Crippen LogP contribution in [0, 0.1) is 0 Å². The Morgan fingerprint density at radius 2 is 1.00 bits per heavy atom. The molecule has 1 N–H and O–H groups in total. The molecule has 0 heterocycles. The van der Waals surface area contributed by atoms with Crippen LogP contribution in [0.4, 0.5) is 0 Å². The van der Waals surface area contributed by atoms with E-state index in [0.717, 1.165) is 12.8 Å². The van der Waals surface area contributed by atoms with Crippen molar-refractivity contribution in [1.82, 2.24) is 0 Å². The molecule has 0 aliphatic rings. The van der Waals surface area contributed by atoms with E-state index in [2.05, 4.69) is 6.92 Å². The summed E-state index contributed by atoms with van der Waals surface area (Å²) in [6, 6.07) is 0. The first-order valence-electron chi connectivity index (χ1n) is 7.51. The Labute approximate surface area is 130 Å². The van der Waals surface area contributed by atoms with Gasteiger partial charge in [-0.3, -0.25) is 4.55 Å². The van der Waals surface area contributed by atoms with Gasteiger partial charge in [-0.25, -0.2) is 0 Å². The summed E-state index contributed by atoms with van der Waals surface area (Å²) in [4.78, 5) is 0.